The van der Waals surface area contributed by atoms with E-state index in [1.807, 2.05) is 12.2 Å². The molecule has 2 atom stereocenters. The van der Waals surface area contributed by atoms with Gasteiger partial charge in [0.1, 0.15) is 0 Å². The SMILES string of the molecule is C=CCC(CCC(I)=CC(O)O[Si](C)(C)C(C)(C)C)OCCCO[Si](c1ccccc1)(c1ccccc1)C(C)(C)C. The van der Waals surface area contributed by atoms with Crippen LogP contribution in [0.3, 0.4) is 0 Å². The monoisotopic (exact) mass is 708 g/mol. The Labute approximate surface area is 266 Å². The van der Waals surface area contributed by atoms with Crippen molar-refractivity contribution in [3.8, 4) is 0 Å². The van der Waals surface area contributed by atoms with Gasteiger partial charge in [-0.15, -0.1) is 6.58 Å². The van der Waals surface area contributed by atoms with E-state index in [1.54, 1.807) is 0 Å². The third kappa shape index (κ3) is 10.5. The summed E-state index contributed by atoms with van der Waals surface area (Å²) in [4.78, 5) is 0. The molecule has 0 aliphatic heterocycles. The molecule has 2 aromatic carbocycles. The second-order valence-electron chi connectivity index (χ2n) is 13.3. The van der Waals surface area contributed by atoms with Crippen LogP contribution in [-0.2, 0) is 13.6 Å². The summed E-state index contributed by atoms with van der Waals surface area (Å²) < 4.78 is 20.5. The lowest BCUT2D eigenvalue weighted by atomic mass is 10.1. The van der Waals surface area contributed by atoms with Crippen LogP contribution in [0.4, 0.5) is 0 Å². The van der Waals surface area contributed by atoms with Gasteiger partial charge in [-0.05, 0) is 91.5 Å². The molecule has 0 bridgehead atoms. The summed E-state index contributed by atoms with van der Waals surface area (Å²) in [5, 5.41) is 13.2. The summed E-state index contributed by atoms with van der Waals surface area (Å²) in [6.45, 7) is 23.0. The standard InChI is InChI=1S/C34H53IO4Si2/c1-10-18-29(24-23-28(35)27-32(36)39-40(8,9)33(2,3)4)37-25-17-26-38-41(34(5,6)7,30-19-13-11-14-20-30)31-21-15-12-16-22-31/h10-16,19-22,27,29,32,36H,1,17-18,23-26H2,2-9H3. The van der Waals surface area contributed by atoms with E-state index in [9.17, 15) is 5.11 Å². The lowest BCUT2D eigenvalue weighted by molar-refractivity contribution is 0.0124. The molecule has 0 aromatic heterocycles. The van der Waals surface area contributed by atoms with Gasteiger partial charge in [-0.25, -0.2) is 0 Å². The quantitative estimate of drug-likeness (QED) is 0.0627. The number of hydrogen-bond donors (Lipinski definition) is 1. The fourth-order valence-electron chi connectivity index (χ4n) is 4.80. The van der Waals surface area contributed by atoms with Crippen LogP contribution in [0.5, 0.6) is 0 Å². The summed E-state index contributed by atoms with van der Waals surface area (Å²) in [7, 11) is -4.56. The molecule has 41 heavy (non-hydrogen) atoms. The van der Waals surface area contributed by atoms with Crippen molar-refractivity contribution in [3.05, 3.63) is 83.0 Å². The molecular weight excluding hydrogens is 655 g/mol. The largest absolute Gasteiger partial charge is 0.407 e. The summed E-state index contributed by atoms with van der Waals surface area (Å²) >= 11 is 2.31. The lowest BCUT2D eigenvalue weighted by Gasteiger charge is -2.43. The molecule has 0 spiro atoms. The van der Waals surface area contributed by atoms with Gasteiger partial charge in [0.2, 0.25) is 0 Å². The molecule has 7 heteroatoms. The molecular formula is C34H53IO4Si2. The first-order valence-corrected chi connectivity index (χ1v) is 20.7. The highest BCUT2D eigenvalue weighted by molar-refractivity contribution is 14.1. The molecule has 0 heterocycles. The fourth-order valence-corrected chi connectivity index (χ4v) is 11.1. The minimum Gasteiger partial charge on any atom is -0.407 e. The van der Waals surface area contributed by atoms with Gasteiger partial charge in [-0.2, -0.15) is 0 Å². The van der Waals surface area contributed by atoms with Gasteiger partial charge in [0.25, 0.3) is 8.32 Å². The number of rotatable bonds is 16. The Balaban J connectivity index is 1.99. The normalized spacial score (nSPS) is 15.0. The maximum absolute atomic E-state index is 10.5. The molecule has 1 N–H and O–H groups in total. The Morgan fingerprint density at radius 1 is 0.902 bits per heavy atom. The number of aliphatic hydroxyl groups excluding tert-OH is 1. The Bertz CT molecular complexity index is 1040. The molecule has 4 nitrogen and oxygen atoms in total. The van der Waals surface area contributed by atoms with E-state index in [0.29, 0.717) is 13.2 Å². The van der Waals surface area contributed by atoms with Crippen LogP contribution in [0.15, 0.2) is 83.0 Å². The lowest BCUT2D eigenvalue weighted by Crippen LogP contribution is -2.66. The van der Waals surface area contributed by atoms with E-state index in [2.05, 4.69) is 144 Å². The van der Waals surface area contributed by atoms with E-state index in [1.165, 1.54) is 10.4 Å². The van der Waals surface area contributed by atoms with E-state index in [-0.39, 0.29) is 16.2 Å². The predicted molar refractivity (Wildman–Crippen MR) is 188 cm³/mol. The smallest absolute Gasteiger partial charge is 0.261 e. The summed E-state index contributed by atoms with van der Waals surface area (Å²) in [5.74, 6) is 0. The average Bonchev–Trinajstić information content (AvgIpc) is 2.88. The zero-order valence-corrected chi connectivity index (χ0v) is 30.7. The first kappa shape index (κ1) is 36.1. The van der Waals surface area contributed by atoms with Crippen LogP contribution < -0.4 is 10.4 Å². The van der Waals surface area contributed by atoms with Crippen LogP contribution >= 0.6 is 22.6 Å². The molecule has 2 rings (SSSR count). The Kier molecular flexibility index (Phi) is 14.2. The van der Waals surface area contributed by atoms with Crippen molar-refractivity contribution < 1.29 is 18.7 Å². The number of benzene rings is 2. The van der Waals surface area contributed by atoms with Gasteiger partial charge < -0.3 is 18.7 Å². The van der Waals surface area contributed by atoms with Gasteiger partial charge in [-0.3, -0.25) is 0 Å². The second-order valence-corrected chi connectivity index (χ2v) is 23.8. The minimum absolute atomic E-state index is 0.0379. The molecule has 2 unspecified atom stereocenters. The number of hydrogen-bond acceptors (Lipinski definition) is 4. The molecule has 2 aromatic rings. The third-order valence-corrected chi connectivity index (χ3v) is 18.4. The third-order valence-electron chi connectivity index (χ3n) is 8.06. The van der Waals surface area contributed by atoms with E-state index < -0.39 is 22.9 Å². The molecule has 0 saturated heterocycles. The summed E-state index contributed by atoms with van der Waals surface area (Å²) in [5.41, 5.74) is 0. The molecule has 0 aliphatic carbocycles. The zero-order valence-electron chi connectivity index (χ0n) is 26.6. The van der Waals surface area contributed by atoms with Crippen molar-refractivity contribution >= 4 is 49.6 Å². The van der Waals surface area contributed by atoms with E-state index in [4.69, 9.17) is 13.6 Å². The second kappa shape index (κ2) is 16.1. The first-order chi connectivity index (χ1) is 19.1. The summed E-state index contributed by atoms with van der Waals surface area (Å²) in [6.07, 6.45) is 6.28. The highest BCUT2D eigenvalue weighted by Crippen LogP contribution is 2.38. The summed E-state index contributed by atoms with van der Waals surface area (Å²) in [6, 6.07) is 21.5. The Morgan fingerprint density at radius 2 is 1.44 bits per heavy atom. The predicted octanol–water partition coefficient (Wildman–Crippen LogP) is 8.35. The van der Waals surface area contributed by atoms with Crippen molar-refractivity contribution in [3.63, 3.8) is 0 Å². The van der Waals surface area contributed by atoms with Gasteiger partial charge in [-0.1, -0.05) is 108 Å². The maximum Gasteiger partial charge on any atom is 0.261 e. The number of allylic oxidation sites excluding steroid dienone is 1. The molecule has 0 fully saturated rings. The van der Waals surface area contributed by atoms with Crippen LogP contribution in [0.2, 0.25) is 23.2 Å². The van der Waals surface area contributed by atoms with Gasteiger partial charge in [0, 0.05) is 13.2 Å². The molecule has 228 valence electrons. The topological polar surface area (TPSA) is 47.9 Å². The first-order valence-electron chi connectivity index (χ1n) is 14.8. The van der Waals surface area contributed by atoms with Crippen LogP contribution in [0, 0.1) is 0 Å². The Morgan fingerprint density at radius 3 is 1.90 bits per heavy atom. The molecule has 0 aliphatic rings. The molecule has 0 amide bonds. The van der Waals surface area contributed by atoms with Crippen molar-refractivity contribution in [1.29, 1.82) is 0 Å². The van der Waals surface area contributed by atoms with Crippen LogP contribution in [0.1, 0.15) is 67.2 Å². The van der Waals surface area contributed by atoms with Crippen molar-refractivity contribution in [1.82, 2.24) is 0 Å². The van der Waals surface area contributed by atoms with Gasteiger partial charge >= 0.3 is 0 Å². The van der Waals surface area contributed by atoms with Gasteiger partial charge in [0.05, 0.1) is 6.10 Å². The van der Waals surface area contributed by atoms with Crippen molar-refractivity contribution in [2.75, 3.05) is 13.2 Å². The molecule has 0 radical (unpaired) electrons. The average molecular weight is 709 g/mol. The van der Waals surface area contributed by atoms with E-state index in [0.717, 1.165) is 29.3 Å². The van der Waals surface area contributed by atoms with Crippen LogP contribution in [-0.4, -0.2) is 47.3 Å². The highest BCUT2D eigenvalue weighted by Gasteiger charge is 2.50. The number of ether oxygens (including phenoxy) is 1. The maximum atomic E-state index is 10.5. The zero-order chi connectivity index (χ0) is 30.7. The fraction of sp³-hybridized carbons (Fsp3) is 0.529. The minimum atomic E-state index is -2.53. The van der Waals surface area contributed by atoms with Crippen LogP contribution in [0.25, 0.3) is 0 Å². The Hall–Kier alpha value is -1.08. The highest BCUT2D eigenvalue weighted by atomic mass is 127. The van der Waals surface area contributed by atoms with Gasteiger partial charge in [0.15, 0.2) is 14.6 Å². The number of aliphatic hydroxyl groups is 1. The van der Waals surface area contributed by atoms with E-state index >= 15 is 0 Å². The molecule has 0 saturated carbocycles. The van der Waals surface area contributed by atoms with Crippen molar-refractivity contribution in [2.24, 2.45) is 0 Å². The van der Waals surface area contributed by atoms with Crippen molar-refractivity contribution in [2.45, 2.75) is 103 Å². The number of halogens is 1.